The Balaban J connectivity index is 1.20. The smallest absolute Gasteiger partial charge is 0.412 e. The van der Waals surface area contributed by atoms with E-state index in [1.807, 2.05) is 48.5 Å². The summed E-state index contributed by atoms with van der Waals surface area (Å²) in [5.41, 5.74) is 5.71. The van der Waals surface area contributed by atoms with Gasteiger partial charge in [-0.05, 0) is 111 Å². The molecule has 0 bridgehead atoms. The normalized spacial score (nSPS) is 17.6. The molecular weight excluding hydrogens is 670 g/mol. The zero-order valence-corrected chi connectivity index (χ0v) is 31.5. The van der Waals surface area contributed by atoms with Gasteiger partial charge in [-0.3, -0.25) is 4.90 Å². The van der Waals surface area contributed by atoms with Crippen LogP contribution in [-0.4, -0.2) is 70.4 Å². The molecule has 3 aliphatic rings. The summed E-state index contributed by atoms with van der Waals surface area (Å²) in [7, 11) is 9.26. The molecule has 0 saturated heterocycles. The van der Waals surface area contributed by atoms with E-state index in [0.29, 0.717) is 52.4 Å². The van der Waals surface area contributed by atoms with Gasteiger partial charge in [-0.15, -0.1) is 0 Å². The van der Waals surface area contributed by atoms with Crippen molar-refractivity contribution in [3.63, 3.8) is 0 Å². The molecule has 1 fully saturated rings. The molecule has 7 rings (SSSR count). The molecule has 1 aliphatic carbocycles. The van der Waals surface area contributed by atoms with Crippen molar-refractivity contribution >= 4 is 6.09 Å². The summed E-state index contributed by atoms with van der Waals surface area (Å²) in [5.74, 6) is 4.68. The fourth-order valence-corrected chi connectivity index (χ4v) is 7.89. The number of likely N-dealkylation sites (N-methyl/N-ethyl adjacent to an activating group) is 2. The topological polar surface area (TPSA) is 91.0 Å². The van der Waals surface area contributed by atoms with E-state index in [0.717, 1.165) is 69.3 Å². The van der Waals surface area contributed by atoms with Crippen molar-refractivity contribution in [3.05, 3.63) is 94.5 Å². The summed E-state index contributed by atoms with van der Waals surface area (Å²) < 4.78 is 36.7. The molecule has 0 aromatic heterocycles. The average molecular weight is 722 g/mol. The number of hydrogen-bond donors (Lipinski definition) is 1. The van der Waals surface area contributed by atoms with Crippen LogP contribution in [0.3, 0.4) is 0 Å². The number of carbonyl (C=O) groups is 1. The standard InChI is InChI=1S/C43H51N3O7/c1-45-20-18-30-25-40(49-4)42(50-5)41(34(30)27-45)52-39-26-33-29(24-37(39)48-3)19-21-46(2)35(33)22-28-16-17-36(38(23-28)51-32-14-10-7-11-15-32)53-43(47)44-31-12-8-6-9-13-31/h7,10-11,14-17,23-26,31,35H,6,8-9,12-13,18-22,27H2,1-5H3,(H,44,47)/t35-/m1/s1. The summed E-state index contributed by atoms with van der Waals surface area (Å²) in [6, 6.07) is 21.9. The van der Waals surface area contributed by atoms with Crippen molar-refractivity contribution in [3.8, 4) is 46.0 Å². The first-order chi connectivity index (χ1) is 25.8. The minimum atomic E-state index is -0.453. The van der Waals surface area contributed by atoms with E-state index >= 15 is 0 Å². The molecule has 2 heterocycles. The molecular formula is C43H51N3O7. The van der Waals surface area contributed by atoms with E-state index in [-0.39, 0.29) is 12.1 Å². The van der Waals surface area contributed by atoms with Crippen molar-refractivity contribution in [1.82, 2.24) is 15.1 Å². The third-order valence-corrected chi connectivity index (χ3v) is 10.8. The number of para-hydroxylation sites is 1. The molecule has 280 valence electrons. The number of carbonyl (C=O) groups excluding carboxylic acids is 1. The van der Waals surface area contributed by atoms with Crippen LogP contribution in [0.15, 0.2) is 66.7 Å². The number of nitrogens with zero attached hydrogens (tertiary/aromatic N) is 2. The number of benzene rings is 4. The van der Waals surface area contributed by atoms with Crippen LogP contribution in [0.5, 0.6) is 46.0 Å². The van der Waals surface area contributed by atoms with Crippen molar-refractivity contribution in [2.75, 3.05) is 48.5 Å². The van der Waals surface area contributed by atoms with Gasteiger partial charge in [0, 0.05) is 37.3 Å². The van der Waals surface area contributed by atoms with Gasteiger partial charge in [0.05, 0.1) is 21.3 Å². The first kappa shape index (κ1) is 36.4. The Labute approximate surface area is 312 Å². The minimum absolute atomic E-state index is 0.0326. The van der Waals surface area contributed by atoms with Crippen LogP contribution in [0.2, 0.25) is 0 Å². The van der Waals surface area contributed by atoms with Crippen molar-refractivity contribution in [2.24, 2.45) is 0 Å². The van der Waals surface area contributed by atoms with Gasteiger partial charge in [0.2, 0.25) is 5.75 Å². The Morgan fingerprint density at radius 3 is 2.23 bits per heavy atom. The number of methoxy groups -OCH3 is 3. The van der Waals surface area contributed by atoms with E-state index < -0.39 is 6.09 Å². The van der Waals surface area contributed by atoms with E-state index in [9.17, 15) is 4.79 Å². The number of amides is 1. The van der Waals surface area contributed by atoms with Crippen LogP contribution in [-0.2, 0) is 25.8 Å². The SMILES string of the molecule is COc1cc2c(cc1Oc1c3c(cc(OC)c1OC)CCN(C)C3)[C@@H](Cc1ccc(OC(=O)NC3CCCCC3)c(Oc3ccccc3)c1)N(C)CC2. The lowest BCUT2D eigenvalue weighted by Crippen LogP contribution is -2.38. The largest absolute Gasteiger partial charge is 0.493 e. The molecule has 10 nitrogen and oxygen atoms in total. The van der Waals surface area contributed by atoms with Gasteiger partial charge < -0.3 is 38.6 Å². The maximum atomic E-state index is 13.0. The van der Waals surface area contributed by atoms with Gasteiger partial charge in [0.25, 0.3) is 0 Å². The third-order valence-electron chi connectivity index (χ3n) is 10.8. The molecule has 1 saturated carbocycles. The highest BCUT2D eigenvalue weighted by Gasteiger charge is 2.30. The summed E-state index contributed by atoms with van der Waals surface area (Å²) in [6.07, 6.45) is 7.41. The lowest BCUT2D eigenvalue weighted by Gasteiger charge is -2.35. The molecule has 1 N–H and O–H groups in total. The molecule has 0 radical (unpaired) electrons. The third kappa shape index (κ3) is 8.19. The highest BCUT2D eigenvalue weighted by Crippen LogP contribution is 2.49. The molecule has 2 aliphatic heterocycles. The lowest BCUT2D eigenvalue weighted by molar-refractivity contribution is 0.190. The number of ether oxygens (including phenoxy) is 6. The number of fused-ring (bicyclic) bond motifs is 2. The van der Waals surface area contributed by atoms with Gasteiger partial charge in [-0.2, -0.15) is 0 Å². The summed E-state index contributed by atoms with van der Waals surface area (Å²) in [5, 5.41) is 3.06. The monoisotopic (exact) mass is 721 g/mol. The maximum absolute atomic E-state index is 13.0. The van der Waals surface area contributed by atoms with E-state index in [2.05, 4.69) is 47.4 Å². The highest BCUT2D eigenvalue weighted by molar-refractivity contribution is 5.72. The summed E-state index contributed by atoms with van der Waals surface area (Å²) in [6.45, 7) is 2.58. The molecule has 0 spiro atoms. The second kappa shape index (κ2) is 16.4. The highest BCUT2D eigenvalue weighted by atomic mass is 16.6. The zero-order valence-electron chi connectivity index (χ0n) is 31.5. The van der Waals surface area contributed by atoms with E-state index in [4.69, 9.17) is 28.4 Å². The Kier molecular flexibility index (Phi) is 11.3. The number of nitrogens with one attached hydrogen (secondary N) is 1. The van der Waals surface area contributed by atoms with Gasteiger partial charge in [-0.25, -0.2) is 4.79 Å². The summed E-state index contributed by atoms with van der Waals surface area (Å²) in [4.78, 5) is 17.7. The number of hydrogen-bond acceptors (Lipinski definition) is 9. The van der Waals surface area contributed by atoms with E-state index in [1.54, 1.807) is 21.3 Å². The predicted octanol–water partition coefficient (Wildman–Crippen LogP) is 8.48. The Hall–Kier alpha value is -4.93. The molecule has 10 heteroatoms. The van der Waals surface area contributed by atoms with Gasteiger partial charge in [0.15, 0.2) is 34.5 Å². The molecule has 4 aromatic rings. The second-order valence-electron chi connectivity index (χ2n) is 14.4. The first-order valence-corrected chi connectivity index (χ1v) is 18.7. The maximum Gasteiger partial charge on any atom is 0.412 e. The Morgan fingerprint density at radius 2 is 1.47 bits per heavy atom. The quantitative estimate of drug-likeness (QED) is 0.164. The fraction of sp³-hybridized carbons (Fsp3) is 0.419. The van der Waals surface area contributed by atoms with Gasteiger partial charge in [0.1, 0.15) is 5.75 Å². The second-order valence-corrected chi connectivity index (χ2v) is 14.4. The van der Waals surface area contributed by atoms with E-state index in [1.165, 1.54) is 23.1 Å². The number of rotatable bonds is 11. The first-order valence-electron chi connectivity index (χ1n) is 18.7. The summed E-state index contributed by atoms with van der Waals surface area (Å²) >= 11 is 0. The van der Waals surface area contributed by atoms with Crippen LogP contribution in [0, 0.1) is 0 Å². The Bertz CT molecular complexity index is 1910. The van der Waals surface area contributed by atoms with Gasteiger partial charge >= 0.3 is 6.09 Å². The zero-order chi connectivity index (χ0) is 36.9. The van der Waals surface area contributed by atoms with Crippen molar-refractivity contribution in [1.29, 1.82) is 0 Å². The predicted molar refractivity (Wildman–Crippen MR) is 204 cm³/mol. The van der Waals surface area contributed by atoms with Gasteiger partial charge in [-0.1, -0.05) is 43.5 Å². The van der Waals surface area contributed by atoms with Crippen LogP contribution >= 0.6 is 0 Å². The molecule has 4 aromatic carbocycles. The lowest BCUT2D eigenvalue weighted by atomic mass is 9.88. The minimum Gasteiger partial charge on any atom is -0.493 e. The molecule has 53 heavy (non-hydrogen) atoms. The van der Waals surface area contributed by atoms with Crippen LogP contribution < -0.4 is 33.7 Å². The fourth-order valence-electron chi connectivity index (χ4n) is 7.89. The van der Waals surface area contributed by atoms with Crippen LogP contribution in [0.25, 0.3) is 0 Å². The van der Waals surface area contributed by atoms with Crippen molar-refractivity contribution in [2.45, 2.75) is 70.0 Å². The average Bonchev–Trinajstić information content (AvgIpc) is 3.17. The van der Waals surface area contributed by atoms with Crippen molar-refractivity contribution < 1.29 is 33.2 Å². The Morgan fingerprint density at radius 1 is 0.736 bits per heavy atom. The van der Waals surface area contributed by atoms with Crippen LogP contribution in [0.1, 0.15) is 66.0 Å². The molecule has 0 unspecified atom stereocenters. The van der Waals surface area contributed by atoms with Crippen LogP contribution in [0.4, 0.5) is 4.79 Å². The molecule has 1 atom stereocenters. The molecule has 1 amide bonds.